The van der Waals surface area contributed by atoms with E-state index in [2.05, 4.69) is 9.47 Å². The van der Waals surface area contributed by atoms with Crippen molar-refractivity contribution >= 4 is 70.5 Å². The van der Waals surface area contributed by atoms with Crippen LogP contribution in [0.15, 0.2) is 127 Å². The zero-order valence-electron chi connectivity index (χ0n) is 59.3. The Balaban J connectivity index is 0.000000247. The number of hydrogen-bond donors (Lipinski definition) is 7. The molecule has 0 fully saturated rings. The summed E-state index contributed by atoms with van der Waals surface area (Å²) in [5.41, 5.74) is -3.43. The number of benzene rings is 8. The van der Waals surface area contributed by atoms with Crippen LogP contribution in [0, 0.1) is 34.6 Å². The number of carboxylic acids is 1. The summed E-state index contributed by atoms with van der Waals surface area (Å²) in [5.74, 6) is -6.76. The first-order valence-electron chi connectivity index (χ1n) is 32.2. The molecule has 578 valence electrons. The number of nitrogens with two attached hydrogens (primary N) is 2. The van der Waals surface area contributed by atoms with E-state index in [0.717, 1.165) is 30.3 Å². The first kappa shape index (κ1) is 85.4. The van der Waals surface area contributed by atoms with E-state index in [1.807, 2.05) is 0 Å². The Morgan fingerprint density at radius 2 is 0.682 bits per heavy atom. The number of esters is 4. The fourth-order valence-corrected chi connectivity index (χ4v) is 12.0. The molecule has 8 aromatic carbocycles. The number of Topliss-reactive ketones (excluding diaryl/α,β-unsaturated/α-hetero) is 2. The molecule has 20 nitrogen and oxygen atoms in total. The van der Waals surface area contributed by atoms with Gasteiger partial charge in [0.1, 0.15) is 0 Å². The molecule has 4 atom stereocenters. The maximum absolute atomic E-state index is 14.3. The van der Waals surface area contributed by atoms with Crippen molar-refractivity contribution in [1.82, 2.24) is 0 Å². The minimum absolute atomic E-state index is 0.00982. The predicted molar refractivity (Wildman–Crippen MR) is 366 cm³/mol. The zero-order valence-corrected chi connectivity index (χ0v) is 59.3. The molecule has 9 N–H and O–H groups in total. The second-order valence-electron chi connectivity index (χ2n) is 26.2. The first-order chi connectivity index (χ1) is 50.5. The molecule has 10 rings (SSSR count). The van der Waals surface area contributed by atoms with Crippen molar-refractivity contribution in [2.24, 2.45) is 0 Å². The van der Waals surface area contributed by atoms with Crippen LogP contribution in [0.25, 0.3) is 22.3 Å². The number of aryl methyl sites for hydroxylation is 5. The van der Waals surface area contributed by atoms with Crippen molar-refractivity contribution < 1.29 is 140 Å². The van der Waals surface area contributed by atoms with Gasteiger partial charge in [-0.2, -0.15) is 62.3 Å². The number of cyclic esters (lactones) is 4. The molecule has 0 radical (unpaired) electrons. The lowest BCUT2D eigenvalue weighted by Gasteiger charge is -2.31. The summed E-state index contributed by atoms with van der Waals surface area (Å²) in [6.45, 7) is 11.1. The topological polar surface area (TPSA) is 359 Å². The maximum atomic E-state index is 14.3. The molecule has 0 saturated carbocycles. The van der Waals surface area contributed by atoms with Gasteiger partial charge in [-0.3, -0.25) is 19.2 Å². The molecule has 8 aromatic rings. The fraction of sp³-hybridized carbons (Fsp3) is 0.256. The van der Waals surface area contributed by atoms with Gasteiger partial charge in [-0.15, -0.1) is 0 Å². The van der Waals surface area contributed by atoms with E-state index in [1.165, 1.54) is 132 Å². The molecular formula is C78H64F12N2O18. The fourth-order valence-electron chi connectivity index (χ4n) is 12.0. The summed E-state index contributed by atoms with van der Waals surface area (Å²) in [6, 6.07) is 25.7. The molecular weight excluding hydrogens is 1480 g/mol. The van der Waals surface area contributed by atoms with E-state index in [1.54, 1.807) is 6.92 Å². The Morgan fingerprint density at radius 3 is 1.07 bits per heavy atom. The molecule has 0 bridgehead atoms. The van der Waals surface area contributed by atoms with E-state index < -0.39 is 129 Å². The Hall–Kier alpha value is -11.8. The van der Waals surface area contributed by atoms with Gasteiger partial charge in [0.25, 0.3) is 0 Å². The molecule has 0 saturated heterocycles. The lowest BCUT2D eigenvalue weighted by Crippen LogP contribution is -2.40. The number of halogens is 12. The summed E-state index contributed by atoms with van der Waals surface area (Å²) in [7, 11) is 0. The van der Waals surface area contributed by atoms with Gasteiger partial charge in [-0.1, -0.05) is 61.5 Å². The minimum atomic E-state index is -5.24. The number of aromatic carboxylic acids is 1. The third-order valence-electron chi connectivity index (χ3n) is 18.5. The number of fused-ring (bicyclic) bond motifs is 2. The van der Waals surface area contributed by atoms with Gasteiger partial charge >= 0.3 is 60.7 Å². The van der Waals surface area contributed by atoms with E-state index in [9.17, 15) is 121 Å². The molecule has 2 aliphatic rings. The van der Waals surface area contributed by atoms with E-state index in [0.29, 0.717) is 44.4 Å². The van der Waals surface area contributed by atoms with Crippen molar-refractivity contribution in [3.63, 3.8) is 0 Å². The van der Waals surface area contributed by atoms with E-state index >= 15 is 0 Å². The Morgan fingerprint density at radius 1 is 0.373 bits per heavy atom. The Kier molecular flexibility index (Phi) is 24.1. The number of anilines is 2. The summed E-state index contributed by atoms with van der Waals surface area (Å²) < 4.78 is 173. The number of aliphatic hydroxyl groups is 4. The van der Waals surface area contributed by atoms with Crippen molar-refractivity contribution in [3.05, 3.63) is 244 Å². The molecule has 0 aromatic heterocycles. The number of carboxylic acid groups (broad SMARTS) is 1. The summed E-state index contributed by atoms with van der Waals surface area (Å²) in [6.07, 6.45) is -20.8. The SMILES string of the molecule is CCC(=O)c1ccc(C(=O)c2ccc(C(=O)Cc3cc(C)c(-c4cc(C(C)(O)C(F)(F)F)c(C)cc4C)cc3C(C)(O)C(F)(F)F)cc2)cc1C(=O)O.Cc1cc(N)c(C(C)(O)C(F)(F)F)cc1-c1cc(C(C)(O)C(F)(F)F)c(N)cc1C.O=C(c1ccc2c(c1)C(=O)OC2=O)c1ccc2c(c1)C(=O)OC2=O.O=C=O. The number of carbonyl (C=O) groups excluding carboxylic acids is 10. The Labute approximate surface area is 615 Å². The third kappa shape index (κ3) is 16.9. The number of rotatable bonds is 16. The molecule has 2 aliphatic heterocycles. The van der Waals surface area contributed by atoms with Crippen LogP contribution in [0.4, 0.5) is 64.1 Å². The molecule has 0 spiro atoms. The number of nitrogen functional groups attached to an aromatic ring is 2. The number of ether oxygens (including phenoxy) is 2. The Bertz CT molecular complexity index is 5020. The first-order valence-corrected chi connectivity index (χ1v) is 32.2. The van der Waals surface area contributed by atoms with Gasteiger partial charge < -0.3 is 46.5 Å². The largest absolute Gasteiger partial charge is 0.478 e. The molecule has 0 aliphatic carbocycles. The van der Waals surface area contributed by atoms with E-state index in [4.69, 9.17) is 21.1 Å². The highest BCUT2D eigenvalue weighted by Crippen LogP contribution is 2.49. The standard InChI is InChI=1S/C40H36F6O7.C20H22F6N2O2.C17H6O7.CO2/c1-7-33(47)27-13-12-25(16-30(27)36(50)51)35(49)24-10-8-23(9-11-24)34(48)17-26-15-21(3)29(19-32(26)38(6,53)40(44,45)46)28-18-31(22(4)14-20(28)2)37(5,52)39(41,42)43;1-9-5-15(27)13(17(3,29)19(21,22)23)7-11(9)12-8-14(16(28)6-10(12)2)18(4,30)20(24,25)26;18-13(7-1-3-9-11(5-7)16(21)23-14(9)19)8-2-4-10-12(6-8)17(22)24-15(10)20;2-1-3/h8-16,18-19,52-53H,7,17H2,1-6H3,(H,50,51);5-8,29-30H,27-28H2,1-4H3;1-6H;. The lowest BCUT2D eigenvalue weighted by molar-refractivity contribution is -0.259. The molecule has 32 heteroatoms. The number of alkyl halides is 12. The van der Waals surface area contributed by atoms with Gasteiger partial charge in [0.15, 0.2) is 45.5 Å². The van der Waals surface area contributed by atoms with Gasteiger partial charge in [0.2, 0.25) is 0 Å². The normalized spacial score (nSPS) is 14.8. The van der Waals surface area contributed by atoms with Crippen molar-refractivity contribution in [3.8, 4) is 22.3 Å². The minimum Gasteiger partial charge on any atom is -0.478 e. The summed E-state index contributed by atoms with van der Waals surface area (Å²) in [5, 5.41) is 51.0. The highest BCUT2D eigenvalue weighted by Gasteiger charge is 2.56. The highest BCUT2D eigenvalue weighted by molar-refractivity contribution is 6.19. The van der Waals surface area contributed by atoms with Gasteiger partial charge in [0, 0.05) is 68.7 Å². The quantitative estimate of drug-likeness (QED) is 0.0155. The second kappa shape index (κ2) is 31.0. The molecule has 2 heterocycles. The van der Waals surface area contributed by atoms with Crippen molar-refractivity contribution in [1.29, 1.82) is 0 Å². The number of hydrogen-bond acceptors (Lipinski definition) is 19. The van der Waals surface area contributed by atoms with Crippen LogP contribution >= 0.6 is 0 Å². The predicted octanol–water partition coefficient (Wildman–Crippen LogP) is 14.4. The number of ketones is 4. The van der Waals surface area contributed by atoms with Crippen LogP contribution in [0.5, 0.6) is 0 Å². The average Bonchev–Trinajstić information content (AvgIpc) is 0.898. The molecule has 110 heavy (non-hydrogen) atoms. The van der Waals surface area contributed by atoms with Crippen molar-refractivity contribution in [2.75, 3.05) is 11.5 Å². The van der Waals surface area contributed by atoms with E-state index in [-0.39, 0.29) is 124 Å². The van der Waals surface area contributed by atoms with Crippen LogP contribution < -0.4 is 11.5 Å². The monoisotopic (exact) mass is 1540 g/mol. The second-order valence-corrected chi connectivity index (χ2v) is 26.2. The van der Waals surface area contributed by atoms with Gasteiger partial charge in [0.05, 0.1) is 27.8 Å². The van der Waals surface area contributed by atoms with Crippen LogP contribution in [0.3, 0.4) is 0 Å². The molecule has 4 unspecified atom stereocenters. The van der Waals surface area contributed by atoms with Crippen LogP contribution in [-0.4, -0.2) is 109 Å². The van der Waals surface area contributed by atoms with Crippen LogP contribution in [0.2, 0.25) is 0 Å². The zero-order chi connectivity index (χ0) is 83.2. The summed E-state index contributed by atoms with van der Waals surface area (Å²) in [4.78, 5) is 125. The van der Waals surface area contributed by atoms with Crippen LogP contribution in [0.1, 0.15) is 201 Å². The summed E-state index contributed by atoms with van der Waals surface area (Å²) >= 11 is 0. The maximum Gasteiger partial charge on any atom is 0.421 e. The van der Waals surface area contributed by atoms with Gasteiger partial charge in [-0.25, -0.2) is 24.0 Å². The third-order valence-corrected chi connectivity index (χ3v) is 18.5. The van der Waals surface area contributed by atoms with Gasteiger partial charge in [-0.05, 0) is 202 Å². The van der Waals surface area contributed by atoms with Crippen LogP contribution in [-0.2, 0) is 47.9 Å². The highest BCUT2D eigenvalue weighted by atomic mass is 19.4. The molecule has 0 amide bonds. The average molecular weight is 1550 g/mol. The van der Waals surface area contributed by atoms with Crippen molar-refractivity contribution in [2.45, 2.75) is 129 Å². The number of carbonyl (C=O) groups is 9. The smallest absolute Gasteiger partial charge is 0.421 e. The lowest BCUT2D eigenvalue weighted by atomic mass is 9.81.